The maximum Gasteiger partial charge on any atom is 0.311 e. The highest BCUT2D eigenvalue weighted by Gasteiger charge is 2.14. The second-order valence-electron chi connectivity index (χ2n) is 5.71. The minimum atomic E-state index is -0.306. The molecule has 25 heavy (non-hydrogen) atoms. The Morgan fingerprint density at radius 3 is 2.72 bits per heavy atom. The van der Waals surface area contributed by atoms with Crippen LogP contribution in [-0.4, -0.2) is 32.7 Å². The number of nitrogens with zero attached hydrogens (tertiary/aromatic N) is 3. The number of imidazole rings is 1. The molecule has 0 fully saturated rings. The van der Waals surface area contributed by atoms with E-state index in [-0.39, 0.29) is 12.4 Å². The average Bonchev–Trinajstić information content (AvgIpc) is 3.30. The summed E-state index contributed by atoms with van der Waals surface area (Å²) in [5.74, 6) is -0.306. The van der Waals surface area contributed by atoms with Gasteiger partial charge in [-0.1, -0.05) is 30.3 Å². The van der Waals surface area contributed by atoms with Crippen molar-refractivity contribution in [3.63, 3.8) is 0 Å². The highest BCUT2D eigenvalue weighted by Crippen LogP contribution is 2.29. The van der Waals surface area contributed by atoms with Gasteiger partial charge in [-0.05, 0) is 11.6 Å². The van der Waals surface area contributed by atoms with E-state index in [4.69, 9.17) is 4.74 Å². The zero-order valence-electron chi connectivity index (χ0n) is 13.6. The quantitative estimate of drug-likeness (QED) is 0.583. The third-order valence-corrected chi connectivity index (χ3v) is 4.07. The zero-order chi connectivity index (χ0) is 17.2. The SMILES string of the molecule is COC(=O)Cc1cn2cc(-c3cn[nH]c3)cc(-c3ccccc3)c2n1. The standard InChI is InChI=1S/C19H16N4O2/c1-25-18(24)8-16-12-23-11-14(15-9-20-21-10-15)7-17(19(23)22-16)13-5-3-2-4-6-13/h2-7,9-12H,8H2,1H3,(H,20,21). The molecule has 0 unspecified atom stereocenters. The minimum Gasteiger partial charge on any atom is -0.469 e. The minimum absolute atomic E-state index is 0.146. The van der Waals surface area contributed by atoms with Crippen LogP contribution in [0.4, 0.5) is 0 Å². The lowest BCUT2D eigenvalue weighted by Gasteiger charge is -2.07. The van der Waals surface area contributed by atoms with Crippen LogP contribution in [0.2, 0.25) is 0 Å². The first kappa shape index (κ1) is 15.1. The van der Waals surface area contributed by atoms with Crippen molar-refractivity contribution in [2.45, 2.75) is 6.42 Å². The number of esters is 1. The second-order valence-corrected chi connectivity index (χ2v) is 5.71. The molecular formula is C19H16N4O2. The van der Waals surface area contributed by atoms with E-state index in [1.165, 1.54) is 7.11 Å². The van der Waals surface area contributed by atoms with Crippen LogP contribution in [0.15, 0.2) is 61.2 Å². The van der Waals surface area contributed by atoms with Gasteiger partial charge in [-0.15, -0.1) is 0 Å². The van der Waals surface area contributed by atoms with E-state index in [0.29, 0.717) is 5.69 Å². The number of nitrogens with one attached hydrogen (secondary N) is 1. The molecule has 1 N–H and O–H groups in total. The molecule has 4 aromatic rings. The van der Waals surface area contributed by atoms with Crippen LogP contribution in [0.1, 0.15) is 5.69 Å². The number of fused-ring (bicyclic) bond motifs is 1. The number of aromatic nitrogens is 4. The topological polar surface area (TPSA) is 72.3 Å². The van der Waals surface area contributed by atoms with Crippen molar-refractivity contribution < 1.29 is 9.53 Å². The van der Waals surface area contributed by atoms with Gasteiger partial charge in [0.05, 0.1) is 25.4 Å². The number of carbonyl (C=O) groups is 1. The van der Waals surface area contributed by atoms with Gasteiger partial charge < -0.3 is 9.14 Å². The number of hydrogen-bond donors (Lipinski definition) is 1. The maximum atomic E-state index is 11.6. The number of rotatable bonds is 4. The molecule has 124 valence electrons. The van der Waals surface area contributed by atoms with Gasteiger partial charge >= 0.3 is 5.97 Å². The first-order valence-electron chi connectivity index (χ1n) is 7.87. The molecule has 0 radical (unpaired) electrons. The number of carbonyl (C=O) groups excluding carboxylic acids is 1. The van der Waals surface area contributed by atoms with Crippen molar-refractivity contribution in [3.05, 3.63) is 66.9 Å². The van der Waals surface area contributed by atoms with E-state index in [2.05, 4.69) is 21.2 Å². The molecule has 3 aromatic heterocycles. The lowest BCUT2D eigenvalue weighted by atomic mass is 10.0. The Hall–Kier alpha value is -3.41. The number of benzene rings is 1. The van der Waals surface area contributed by atoms with Gasteiger partial charge in [0.25, 0.3) is 0 Å². The molecule has 6 heteroatoms. The molecule has 3 heterocycles. The largest absolute Gasteiger partial charge is 0.469 e. The Labute approximate surface area is 144 Å². The smallest absolute Gasteiger partial charge is 0.311 e. The molecule has 0 saturated heterocycles. The van der Waals surface area contributed by atoms with Crippen molar-refractivity contribution in [2.24, 2.45) is 0 Å². The Bertz CT molecular complexity index is 1020. The predicted octanol–water partition coefficient (Wildman–Crippen LogP) is 3.11. The van der Waals surface area contributed by atoms with Gasteiger partial charge in [0, 0.05) is 35.3 Å². The third-order valence-electron chi connectivity index (χ3n) is 4.07. The van der Waals surface area contributed by atoms with Crippen LogP contribution < -0.4 is 0 Å². The molecule has 0 bridgehead atoms. The van der Waals surface area contributed by atoms with E-state index in [9.17, 15) is 4.79 Å². The Balaban J connectivity index is 1.91. The molecule has 0 spiro atoms. The summed E-state index contributed by atoms with van der Waals surface area (Å²) in [6, 6.07) is 12.1. The highest BCUT2D eigenvalue weighted by molar-refractivity contribution is 5.82. The normalized spacial score (nSPS) is 10.9. The fraction of sp³-hybridized carbons (Fsp3) is 0.105. The molecule has 0 aliphatic rings. The van der Waals surface area contributed by atoms with Gasteiger partial charge in [0.2, 0.25) is 0 Å². The van der Waals surface area contributed by atoms with Gasteiger partial charge in [-0.2, -0.15) is 5.10 Å². The summed E-state index contributed by atoms with van der Waals surface area (Å²) in [6.45, 7) is 0. The van der Waals surface area contributed by atoms with E-state index in [1.807, 2.05) is 53.3 Å². The molecule has 6 nitrogen and oxygen atoms in total. The summed E-state index contributed by atoms with van der Waals surface area (Å²) in [5.41, 5.74) is 5.54. The van der Waals surface area contributed by atoms with Crippen molar-refractivity contribution >= 4 is 11.6 Å². The molecule has 4 rings (SSSR count). The lowest BCUT2D eigenvalue weighted by Crippen LogP contribution is -2.04. The Morgan fingerprint density at radius 1 is 1.16 bits per heavy atom. The second kappa shape index (κ2) is 6.24. The van der Waals surface area contributed by atoms with Crippen molar-refractivity contribution in [1.82, 2.24) is 19.6 Å². The molecule has 1 aromatic carbocycles. The molecule has 0 aliphatic heterocycles. The van der Waals surface area contributed by atoms with Crippen molar-refractivity contribution in [3.8, 4) is 22.3 Å². The van der Waals surface area contributed by atoms with E-state index in [0.717, 1.165) is 27.9 Å². The van der Waals surface area contributed by atoms with E-state index < -0.39 is 0 Å². The summed E-state index contributed by atoms with van der Waals surface area (Å²) in [5, 5.41) is 6.86. The lowest BCUT2D eigenvalue weighted by molar-refractivity contribution is -0.139. The van der Waals surface area contributed by atoms with Gasteiger partial charge in [0.1, 0.15) is 5.65 Å². The molecule has 0 aliphatic carbocycles. The highest BCUT2D eigenvalue weighted by atomic mass is 16.5. The van der Waals surface area contributed by atoms with Gasteiger partial charge in [0.15, 0.2) is 0 Å². The average molecular weight is 332 g/mol. The van der Waals surface area contributed by atoms with E-state index in [1.54, 1.807) is 6.20 Å². The van der Waals surface area contributed by atoms with Crippen LogP contribution in [0, 0.1) is 0 Å². The summed E-state index contributed by atoms with van der Waals surface area (Å²) in [7, 11) is 1.38. The number of aromatic amines is 1. The van der Waals surface area contributed by atoms with E-state index >= 15 is 0 Å². The monoisotopic (exact) mass is 332 g/mol. The van der Waals surface area contributed by atoms with Crippen LogP contribution in [0.25, 0.3) is 27.9 Å². The molecule has 0 amide bonds. The van der Waals surface area contributed by atoms with Crippen LogP contribution in [-0.2, 0) is 16.0 Å². The zero-order valence-corrected chi connectivity index (χ0v) is 13.6. The summed E-state index contributed by atoms with van der Waals surface area (Å²) in [6.07, 6.45) is 7.63. The number of methoxy groups -OCH3 is 1. The third kappa shape index (κ3) is 2.89. The number of H-pyrrole nitrogens is 1. The van der Waals surface area contributed by atoms with Gasteiger partial charge in [-0.3, -0.25) is 9.89 Å². The number of ether oxygens (including phenoxy) is 1. The molecule has 0 saturated carbocycles. The number of hydrogen-bond acceptors (Lipinski definition) is 4. The molecular weight excluding hydrogens is 316 g/mol. The van der Waals surface area contributed by atoms with Crippen LogP contribution in [0.3, 0.4) is 0 Å². The predicted molar refractivity (Wildman–Crippen MR) is 93.9 cm³/mol. The summed E-state index contributed by atoms with van der Waals surface area (Å²) >= 11 is 0. The Kier molecular flexibility index (Phi) is 3.78. The summed E-state index contributed by atoms with van der Waals surface area (Å²) in [4.78, 5) is 16.2. The molecule has 0 atom stereocenters. The van der Waals surface area contributed by atoms with Crippen LogP contribution >= 0.6 is 0 Å². The summed E-state index contributed by atoms with van der Waals surface area (Å²) < 4.78 is 6.69. The van der Waals surface area contributed by atoms with Crippen molar-refractivity contribution in [2.75, 3.05) is 7.11 Å². The first-order valence-corrected chi connectivity index (χ1v) is 7.87. The van der Waals surface area contributed by atoms with Crippen LogP contribution in [0.5, 0.6) is 0 Å². The fourth-order valence-corrected chi connectivity index (χ4v) is 2.85. The fourth-order valence-electron chi connectivity index (χ4n) is 2.85. The number of pyridine rings is 1. The van der Waals surface area contributed by atoms with Crippen molar-refractivity contribution in [1.29, 1.82) is 0 Å². The first-order chi connectivity index (χ1) is 12.2. The van der Waals surface area contributed by atoms with Gasteiger partial charge in [-0.25, -0.2) is 4.98 Å². The maximum absolute atomic E-state index is 11.6. The Morgan fingerprint density at radius 2 is 2.00 bits per heavy atom.